The monoisotopic (exact) mass is 550 g/mol. The van der Waals surface area contributed by atoms with E-state index in [1.165, 1.54) is 70.6 Å². The molecule has 0 aromatic heterocycles. The smallest absolute Gasteiger partial charge is 0.305 e. The molecule has 0 amide bonds. The van der Waals surface area contributed by atoms with E-state index in [4.69, 9.17) is 25.5 Å². The summed E-state index contributed by atoms with van der Waals surface area (Å²) >= 11 is 0. The predicted octanol–water partition coefficient (Wildman–Crippen LogP) is 3.89. The maximum Gasteiger partial charge on any atom is 0.305 e. The summed E-state index contributed by atoms with van der Waals surface area (Å²) in [7, 11) is 0. The average molecular weight is 551 g/mol. The molecule has 0 rings (SSSR count). The van der Waals surface area contributed by atoms with Gasteiger partial charge in [0.05, 0.1) is 13.2 Å². The summed E-state index contributed by atoms with van der Waals surface area (Å²) in [5, 5.41) is 43.4. The number of ether oxygens (including phenoxy) is 2. The Morgan fingerprint density at radius 3 is 1.18 bits per heavy atom. The van der Waals surface area contributed by atoms with Crippen molar-refractivity contribution in [1.29, 1.82) is 0 Å². The molecule has 0 aromatic carbocycles. The summed E-state index contributed by atoms with van der Waals surface area (Å²) in [4.78, 5) is 32.6. The fourth-order valence-electron chi connectivity index (χ4n) is 3.46. The van der Waals surface area contributed by atoms with Gasteiger partial charge in [-0.15, -0.1) is 0 Å². The van der Waals surface area contributed by atoms with Crippen molar-refractivity contribution in [2.24, 2.45) is 0 Å². The lowest BCUT2D eigenvalue weighted by Crippen LogP contribution is -2.22. The van der Waals surface area contributed by atoms with Crippen LogP contribution in [0, 0.1) is 0 Å². The normalized spacial score (nSPS) is 12.2. The second-order valence-electron chi connectivity index (χ2n) is 9.63. The van der Waals surface area contributed by atoms with E-state index in [9.17, 15) is 14.4 Å². The number of hydrogen-bond donors (Lipinski definition) is 5. The third-order valence-electron chi connectivity index (χ3n) is 5.80. The van der Waals surface area contributed by atoms with E-state index in [-0.39, 0.29) is 26.1 Å². The molecule has 0 aliphatic rings. The first-order chi connectivity index (χ1) is 18.3. The number of aliphatic hydroxyl groups excluding tert-OH is 4. The lowest BCUT2D eigenvalue weighted by atomic mass is 10.0. The van der Waals surface area contributed by atoms with Crippen molar-refractivity contribution in [2.75, 3.05) is 26.4 Å². The van der Waals surface area contributed by atoms with E-state index in [2.05, 4.69) is 16.4 Å². The predicted molar refractivity (Wildman–Crippen MR) is 145 cm³/mol. The van der Waals surface area contributed by atoms with Gasteiger partial charge in [0.2, 0.25) is 0 Å². The molecule has 0 spiro atoms. The lowest BCUT2D eigenvalue weighted by Gasteiger charge is -2.09. The summed E-state index contributed by atoms with van der Waals surface area (Å²) < 4.78 is 9.34. The van der Waals surface area contributed by atoms with E-state index < -0.39 is 43.3 Å². The summed E-state index contributed by atoms with van der Waals surface area (Å²) in [6, 6.07) is 0. The van der Waals surface area contributed by atoms with Gasteiger partial charge in [0.15, 0.2) is 0 Å². The van der Waals surface area contributed by atoms with Crippen molar-refractivity contribution >= 4 is 17.9 Å². The Labute approximate surface area is 228 Å². The number of carboxylic acids is 1. The van der Waals surface area contributed by atoms with Crippen LogP contribution in [0.3, 0.4) is 0 Å². The van der Waals surface area contributed by atoms with Crippen LogP contribution in [-0.4, -0.2) is 82.1 Å². The van der Waals surface area contributed by atoms with Gasteiger partial charge in [-0.3, -0.25) is 14.4 Å². The van der Waals surface area contributed by atoms with Gasteiger partial charge in [-0.2, -0.15) is 0 Å². The van der Waals surface area contributed by atoms with Gasteiger partial charge in [-0.1, -0.05) is 84.0 Å². The van der Waals surface area contributed by atoms with Crippen LogP contribution in [0.15, 0.2) is 0 Å². The Balaban J connectivity index is 0. The molecule has 0 fully saturated rings. The highest BCUT2D eigenvalue weighted by Gasteiger charge is 2.10. The van der Waals surface area contributed by atoms with Crippen molar-refractivity contribution in [3.63, 3.8) is 0 Å². The highest BCUT2D eigenvalue weighted by Crippen LogP contribution is 2.12. The van der Waals surface area contributed by atoms with Gasteiger partial charge in [-0.25, -0.2) is 0 Å². The van der Waals surface area contributed by atoms with Crippen molar-refractivity contribution in [2.45, 2.75) is 135 Å². The average Bonchev–Trinajstić information content (AvgIpc) is 2.91. The fraction of sp³-hybridized carbons (Fsp3) is 0.893. The molecule has 5 N–H and O–H groups in total. The van der Waals surface area contributed by atoms with Gasteiger partial charge in [0.1, 0.15) is 25.4 Å². The lowest BCUT2D eigenvalue weighted by molar-refractivity contribution is -0.149. The molecule has 0 bridgehead atoms. The van der Waals surface area contributed by atoms with Gasteiger partial charge in [-0.05, 0) is 19.3 Å². The van der Waals surface area contributed by atoms with E-state index in [1.807, 2.05) is 0 Å². The molecule has 0 radical (unpaired) electrons. The molecule has 0 saturated carbocycles. The molecule has 2 atom stereocenters. The van der Waals surface area contributed by atoms with Crippen molar-refractivity contribution in [3.8, 4) is 0 Å². The molecule has 0 aliphatic carbocycles. The zero-order valence-electron chi connectivity index (χ0n) is 23.5. The molecular weight excluding hydrogens is 496 g/mol. The minimum absolute atomic E-state index is 0.102. The quantitative estimate of drug-likeness (QED) is 0.0829. The van der Waals surface area contributed by atoms with Crippen LogP contribution in [0.2, 0.25) is 0 Å². The van der Waals surface area contributed by atoms with Crippen LogP contribution in [0.4, 0.5) is 0 Å². The maximum absolute atomic E-state index is 11.2. The molecule has 38 heavy (non-hydrogen) atoms. The first kappa shape index (κ1) is 38.4. The highest BCUT2D eigenvalue weighted by molar-refractivity contribution is 5.70. The topological polar surface area (TPSA) is 171 Å². The number of unbranched alkanes of at least 4 members (excludes halogenated alkanes) is 13. The Bertz CT molecular complexity index is 528. The van der Waals surface area contributed by atoms with Gasteiger partial charge < -0.3 is 35.0 Å². The molecular formula is C28H54O10. The van der Waals surface area contributed by atoms with Crippen LogP contribution in [-0.2, 0) is 23.9 Å². The van der Waals surface area contributed by atoms with E-state index in [0.717, 1.165) is 12.8 Å². The van der Waals surface area contributed by atoms with Crippen LogP contribution in [0.5, 0.6) is 0 Å². The molecule has 226 valence electrons. The van der Waals surface area contributed by atoms with Crippen LogP contribution >= 0.6 is 0 Å². The van der Waals surface area contributed by atoms with Crippen LogP contribution in [0.1, 0.15) is 122 Å². The number of aliphatic hydroxyl groups is 4. The second-order valence-corrected chi connectivity index (χ2v) is 9.63. The highest BCUT2D eigenvalue weighted by atomic mass is 16.5. The van der Waals surface area contributed by atoms with Crippen LogP contribution in [0.25, 0.3) is 0 Å². The third kappa shape index (κ3) is 32.3. The zero-order chi connectivity index (χ0) is 28.9. The number of rotatable bonds is 25. The molecule has 10 heteroatoms. The third-order valence-corrected chi connectivity index (χ3v) is 5.80. The maximum atomic E-state index is 11.2. The second kappa shape index (κ2) is 29.8. The Morgan fingerprint density at radius 2 is 0.868 bits per heavy atom. The van der Waals surface area contributed by atoms with Crippen LogP contribution < -0.4 is 0 Å². The Hall–Kier alpha value is -1.75. The minimum atomic E-state index is -1.08. The number of carbonyl (C=O) groups is 3. The summed E-state index contributed by atoms with van der Waals surface area (Å²) in [5.74, 6) is -1.68. The molecule has 0 aromatic rings. The summed E-state index contributed by atoms with van der Waals surface area (Å²) in [6.07, 6.45) is 16.2. The number of esters is 2. The number of aliphatic carboxylic acids is 1. The number of carbonyl (C=O) groups excluding carboxylic acids is 2. The van der Waals surface area contributed by atoms with E-state index >= 15 is 0 Å². The Kier molecular flexibility index (Phi) is 30.1. The molecule has 10 nitrogen and oxygen atoms in total. The van der Waals surface area contributed by atoms with Crippen molar-refractivity contribution in [1.82, 2.24) is 0 Å². The summed E-state index contributed by atoms with van der Waals surface area (Å²) in [6.45, 7) is 0.806. The summed E-state index contributed by atoms with van der Waals surface area (Å²) in [5.41, 5.74) is 0. The number of hydrogen-bond acceptors (Lipinski definition) is 9. The fourth-order valence-corrected chi connectivity index (χ4v) is 3.46. The van der Waals surface area contributed by atoms with Crippen molar-refractivity contribution < 1.29 is 49.4 Å². The molecule has 0 heterocycles. The standard InChI is InChI=1S/C16H32O2.C12H22O8/c1-2-3-4-5-6-7-8-9-10-11-12-13-14-15-16(17)18;13-5-9(15)7-19-11(17)3-1-2-4-12(18)20-8-10(16)6-14/h2-15H2,1H3,(H,17,18);9-10,13-16H,1-8H2. The van der Waals surface area contributed by atoms with Gasteiger partial charge in [0.25, 0.3) is 0 Å². The van der Waals surface area contributed by atoms with E-state index in [0.29, 0.717) is 19.3 Å². The van der Waals surface area contributed by atoms with Crippen molar-refractivity contribution in [3.05, 3.63) is 0 Å². The Morgan fingerprint density at radius 1 is 0.553 bits per heavy atom. The zero-order valence-corrected chi connectivity index (χ0v) is 23.5. The molecule has 0 aliphatic heterocycles. The molecule has 0 saturated heterocycles. The van der Waals surface area contributed by atoms with Gasteiger partial charge in [0, 0.05) is 19.3 Å². The first-order valence-corrected chi connectivity index (χ1v) is 14.4. The SMILES string of the molecule is CCCCCCCCCCCCCCCC(=O)O.O=C(CCCCC(=O)OCC(O)CO)OCC(O)CO. The minimum Gasteiger partial charge on any atom is -0.481 e. The molecule has 2 unspecified atom stereocenters. The van der Waals surface area contributed by atoms with E-state index in [1.54, 1.807) is 0 Å². The van der Waals surface area contributed by atoms with Gasteiger partial charge >= 0.3 is 17.9 Å². The first-order valence-electron chi connectivity index (χ1n) is 14.4. The number of carboxylic acid groups (broad SMARTS) is 1. The largest absolute Gasteiger partial charge is 0.481 e.